The van der Waals surface area contributed by atoms with Gasteiger partial charge in [0.15, 0.2) is 11.5 Å². The molecular weight excluding hydrogens is 258 g/mol. The molecule has 3 rings (SSSR count). The standard InChI is InChI=1S/C14H15N3O3/c1-10(8-17-6-2-5-15-17)16-14(18)11-3-4-12-13(7-11)20-9-19-12/h2-7,10H,8-9H2,1H3,(H,16,18)/t10-/m0/s1. The van der Waals surface area contributed by atoms with Gasteiger partial charge in [-0.25, -0.2) is 0 Å². The average molecular weight is 273 g/mol. The molecule has 0 aliphatic carbocycles. The van der Waals surface area contributed by atoms with E-state index in [9.17, 15) is 4.79 Å². The molecule has 0 saturated carbocycles. The molecule has 1 aliphatic heterocycles. The Balaban J connectivity index is 1.64. The molecule has 1 atom stereocenters. The number of hydrogen-bond acceptors (Lipinski definition) is 4. The maximum atomic E-state index is 12.1. The number of carbonyl (C=O) groups excluding carboxylic acids is 1. The smallest absolute Gasteiger partial charge is 0.251 e. The maximum Gasteiger partial charge on any atom is 0.251 e. The Morgan fingerprint density at radius 2 is 2.30 bits per heavy atom. The molecule has 0 fully saturated rings. The molecule has 1 amide bonds. The summed E-state index contributed by atoms with van der Waals surface area (Å²) in [6, 6.07) is 7.00. The number of nitrogens with one attached hydrogen (secondary N) is 1. The van der Waals surface area contributed by atoms with Crippen molar-refractivity contribution in [2.45, 2.75) is 19.5 Å². The number of ether oxygens (including phenoxy) is 2. The summed E-state index contributed by atoms with van der Waals surface area (Å²) >= 11 is 0. The Morgan fingerprint density at radius 3 is 3.10 bits per heavy atom. The van der Waals surface area contributed by atoms with Gasteiger partial charge in [0.2, 0.25) is 6.79 Å². The van der Waals surface area contributed by atoms with Crippen molar-refractivity contribution in [2.24, 2.45) is 0 Å². The Kier molecular flexibility index (Phi) is 3.28. The SMILES string of the molecule is C[C@@H](Cn1cccn1)NC(=O)c1ccc2c(c1)OCO2. The summed E-state index contributed by atoms with van der Waals surface area (Å²) in [6.45, 7) is 2.77. The highest BCUT2D eigenvalue weighted by Gasteiger charge is 2.17. The van der Waals surface area contributed by atoms with E-state index in [1.165, 1.54) is 0 Å². The second-order valence-electron chi connectivity index (χ2n) is 4.67. The lowest BCUT2D eigenvalue weighted by molar-refractivity contribution is 0.0935. The lowest BCUT2D eigenvalue weighted by atomic mass is 10.2. The highest BCUT2D eigenvalue weighted by molar-refractivity contribution is 5.95. The van der Waals surface area contributed by atoms with E-state index >= 15 is 0 Å². The van der Waals surface area contributed by atoms with Gasteiger partial charge in [0.1, 0.15) is 0 Å². The van der Waals surface area contributed by atoms with Crippen molar-refractivity contribution in [2.75, 3.05) is 6.79 Å². The van der Waals surface area contributed by atoms with E-state index in [2.05, 4.69) is 10.4 Å². The van der Waals surface area contributed by atoms with Gasteiger partial charge in [-0.3, -0.25) is 9.48 Å². The number of rotatable bonds is 4. The van der Waals surface area contributed by atoms with Crippen LogP contribution in [0.5, 0.6) is 11.5 Å². The molecule has 0 spiro atoms. The molecule has 6 nitrogen and oxygen atoms in total. The molecule has 0 saturated heterocycles. The summed E-state index contributed by atoms with van der Waals surface area (Å²) in [7, 11) is 0. The number of carbonyl (C=O) groups is 1. The van der Waals surface area contributed by atoms with E-state index in [4.69, 9.17) is 9.47 Å². The second-order valence-corrected chi connectivity index (χ2v) is 4.67. The van der Waals surface area contributed by atoms with Crippen molar-refractivity contribution in [3.63, 3.8) is 0 Å². The van der Waals surface area contributed by atoms with Crippen molar-refractivity contribution in [3.05, 3.63) is 42.2 Å². The van der Waals surface area contributed by atoms with Crippen LogP contribution in [0.2, 0.25) is 0 Å². The Hall–Kier alpha value is -2.50. The minimum absolute atomic E-state index is 0.0205. The van der Waals surface area contributed by atoms with E-state index in [1.54, 1.807) is 29.1 Å². The summed E-state index contributed by atoms with van der Waals surface area (Å²) in [6.07, 6.45) is 3.58. The van der Waals surface area contributed by atoms with Gasteiger partial charge in [0.05, 0.1) is 6.54 Å². The maximum absolute atomic E-state index is 12.1. The van der Waals surface area contributed by atoms with E-state index in [0.29, 0.717) is 23.6 Å². The molecule has 1 aromatic heterocycles. The van der Waals surface area contributed by atoms with Crippen LogP contribution in [-0.2, 0) is 6.54 Å². The van der Waals surface area contributed by atoms with Crippen LogP contribution in [0.15, 0.2) is 36.7 Å². The third kappa shape index (κ3) is 2.59. The number of fused-ring (bicyclic) bond motifs is 1. The van der Waals surface area contributed by atoms with Crippen LogP contribution in [0.4, 0.5) is 0 Å². The van der Waals surface area contributed by atoms with E-state index < -0.39 is 0 Å². The minimum atomic E-state index is -0.136. The number of hydrogen-bond donors (Lipinski definition) is 1. The van der Waals surface area contributed by atoms with Gasteiger partial charge in [-0.1, -0.05) is 0 Å². The molecule has 6 heteroatoms. The van der Waals surface area contributed by atoms with Gasteiger partial charge in [0, 0.05) is 24.0 Å². The molecule has 2 heterocycles. The third-order valence-electron chi connectivity index (χ3n) is 3.03. The van der Waals surface area contributed by atoms with E-state index in [0.717, 1.165) is 0 Å². The van der Waals surface area contributed by atoms with Gasteiger partial charge in [-0.05, 0) is 31.2 Å². The van der Waals surface area contributed by atoms with Gasteiger partial charge in [-0.2, -0.15) is 5.10 Å². The zero-order chi connectivity index (χ0) is 13.9. The van der Waals surface area contributed by atoms with Gasteiger partial charge < -0.3 is 14.8 Å². The quantitative estimate of drug-likeness (QED) is 0.915. The van der Waals surface area contributed by atoms with Gasteiger partial charge in [-0.15, -0.1) is 0 Å². The first-order chi connectivity index (χ1) is 9.72. The summed E-state index contributed by atoms with van der Waals surface area (Å²) in [5.74, 6) is 1.14. The lowest BCUT2D eigenvalue weighted by Crippen LogP contribution is -2.35. The molecule has 0 unspecified atom stereocenters. The molecule has 1 N–H and O–H groups in total. The monoisotopic (exact) mass is 273 g/mol. The van der Waals surface area contributed by atoms with Crippen molar-refractivity contribution in [1.29, 1.82) is 0 Å². The molecule has 1 aliphatic rings. The molecule has 0 radical (unpaired) electrons. The summed E-state index contributed by atoms with van der Waals surface area (Å²) < 4.78 is 12.3. The highest BCUT2D eigenvalue weighted by Crippen LogP contribution is 2.32. The lowest BCUT2D eigenvalue weighted by Gasteiger charge is -2.14. The normalized spacial score (nSPS) is 14.1. The second kappa shape index (κ2) is 5.24. The fourth-order valence-corrected chi connectivity index (χ4v) is 2.08. The average Bonchev–Trinajstić information content (AvgIpc) is 3.07. The minimum Gasteiger partial charge on any atom is -0.454 e. The topological polar surface area (TPSA) is 65.4 Å². The van der Waals surface area contributed by atoms with Crippen LogP contribution in [0.1, 0.15) is 17.3 Å². The molecule has 20 heavy (non-hydrogen) atoms. The first-order valence-electron chi connectivity index (χ1n) is 6.40. The van der Waals surface area contributed by atoms with E-state index in [1.807, 2.05) is 19.2 Å². The molecule has 1 aromatic carbocycles. The molecular formula is C14H15N3O3. The fraction of sp³-hybridized carbons (Fsp3) is 0.286. The van der Waals surface area contributed by atoms with Crippen LogP contribution in [0, 0.1) is 0 Å². The molecule has 0 bridgehead atoms. The summed E-state index contributed by atoms with van der Waals surface area (Å²) in [4.78, 5) is 12.1. The number of benzene rings is 1. The van der Waals surface area contributed by atoms with Crippen molar-refractivity contribution < 1.29 is 14.3 Å². The Morgan fingerprint density at radius 1 is 1.45 bits per heavy atom. The van der Waals surface area contributed by atoms with Crippen LogP contribution >= 0.6 is 0 Å². The first-order valence-corrected chi connectivity index (χ1v) is 6.40. The predicted molar refractivity (Wildman–Crippen MR) is 71.7 cm³/mol. The summed E-state index contributed by atoms with van der Waals surface area (Å²) in [5, 5.41) is 7.04. The Bertz CT molecular complexity index is 610. The van der Waals surface area contributed by atoms with Crippen molar-refractivity contribution in [1.82, 2.24) is 15.1 Å². The number of nitrogens with zero attached hydrogens (tertiary/aromatic N) is 2. The van der Waals surface area contributed by atoms with E-state index in [-0.39, 0.29) is 18.7 Å². The third-order valence-corrected chi connectivity index (χ3v) is 3.03. The van der Waals surface area contributed by atoms with Crippen LogP contribution in [0.3, 0.4) is 0 Å². The fourth-order valence-electron chi connectivity index (χ4n) is 2.08. The highest BCUT2D eigenvalue weighted by atomic mass is 16.7. The van der Waals surface area contributed by atoms with Crippen molar-refractivity contribution >= 4 is 5.91 Å². The first kappa shape index (κ1) is 12.5. The predicted octanol–water partition coefficient (Wildman–Crippen LogP) is 1.43. The zero-order valence-corrected chi connectivity index (χ0v) is 11.1. The molecule has 104 valence electrons. The van der Waals surface area contributed by atoms with Crippen LogP contribution in [-0.4, -0.2) is 28.5 Å². The van der Waals surface area contributed by atoms with Gasteiger partial charge in [0.25, 0.3) is 5.91 Å². The van der Waals surface area contributed by atoms with Crippen molar-refractivity contribution in [3.8, 4) is 11.5 Å². The number of aromatic nitrogens is 2. The molecule has 2 aromatic rings. The largest absolute Gasteiger partial charge is 0.454 e. The zero-order valence-electron chi connectivity index (χ0n) is 11.1. The summed E-state index contributed by atoms with van der Waals surface area (Å²) in [5.41, 5.74) is 0.557. The van der Waals surface area contributed by atoms with Crippen LogP contribution in [0.25, 0.3) is 0 Å². The number of amides is 1. The Labute approximate surface area is 116 Å². The van der Waals surface area contributed by atoms with Crippen LogP contribution < -0.4 is 14.8 Å². The van der Waals surface area contributed by atoms with Gasteiger partial charge >= 0.3 is 0 Å².